The maximum Gasteiger partial charge on any atom is 0.265 e. The molecule has 1 aromatic carbocycles. The number of nitrogens with zero attached hydrogens (tertiary/aromatic N) is 2. The lowest BCUT2D eigenvalue weighted by Gasteiger charge is -2.35. The van der Waals surface area contributed by atoms with Gasteiger partial charge >= 0.3 is 0 Å². The van der Waals surface area contributed by atoms with Crippen LogP contribution in [0.4, 0.5) is 5.69 Å². The number of ether oxygens (including phenoxy) is 1. The Hall–Kier alpha value is -2.04. The predicted molar refractivity (Wildman–Crippen MR) is 97.8 cm³/mol. The molecule has 0 bridgehead atoms. The number of anilines is 1. The number of aryl methyl sites for hydroxylation is 1. The van der Waals surface area contributed by atoms with E-state index in [2.05, 4.69) is 13.8 Å². The van der Waals surface area contributed by atoms with E-state index >= 15 is 0 Å². The van der Waals surface area contributed by atoms with Gasteiger partial charge < -0.3 is 14.5 Å². The monoisotopic (exact) mass is 344 g/mol. The minimum Gasteiger partial charge on any atom is -0.482 e. The van der Waals surface area contributed by atoms with E-state index in [9.17, 15) is 9.59 Å². The van der Waals surface area contributed by atoms with Crippen molar-refractivity contribution in [3.63, 3.8) is 0 Å². The number of fused-ring (bicyclic) bond motifs is 1. The van der Waals surface area contributed by atoms with Gasteiger partial charge in [0.15, 0.2) is 6.61 Å². The summed E-state index contributed by atoms with van der Waals surface area (Å²) in [5.41, 5.74) is 1.92. The highest BCUT2D eigenvalue weighted by Gasteiger charge is 2.27. The number of carbonyl (C=O) groups excluding carboxylic acids is 2. The Kier molecular flexibility index (Phi) is 5.30. The van der Waals surface area contributed by atoms with Crippen LogP contribution in [0.3, 0.4) is 0 Å². The smallest absolute Gasteiger partial charge is 0.265 e. The highest BCUT2D eigenvalue weighted by molar-refractivity contribution is 5.98. The van der Waals surface area contributed by atoms with Crippen molar-refractivity contribution in [2.45, 2.75) is 40.0 Å². The van der Waals surface area contributed by atoms with Crippen molar-refractivity contribution in [3.05, 3.63) is 23.8 Å². The second kappa shape index (κ2) is 7.46. The van der Waals surface area contributed by atoms with Crippen molar-refractivity contribution in [3.8, 4) is 5.75 Å². The molecule has 2 heterocycles. The van der Waals surface area contributed by atoms with Gasteiger partial charge in [-0.3, -0.25) is 9.59 Å². The zero-order chi connectivity index (χ0) is 18.0. The minimum atomic E-state index is -0.0363. The van der Waals surface area contributed by atoms with E-state index in [-0.39, 0.29) is 18.4 Å². The second-order valence-electron chi connectivity index (χ2n) is 7.65. The fraction of sp³-hybridized carbons (Fsp3) is 0.600. The van der Waals surface area contributed by atoms with Crippen LogP contribution in [0.25, 0.3) is 0 Å². The Morgan fingerprint density at radius 1 is 1.24 bits per heavy atom. The first kappa shape index (κ1) is 17.8. The molecule has 136 valence electrons. The first-order valence-electron chi connectivity index (χ1n) is 9.25. The Morgan fingerprint density at radius 3 is 2.68 bits per heavy atom. The molecule has 5 nitrogen and oxygen atoms in total. The van der Waals surface area contributed by atoms with Crippen LogP contribution in [0.5, 0.6) is 5.75 Å². The summed E-state index contributed by atoms with van der Waals surface area (Å²) in [7, 11) is 0. The van der Waals surface area contributed by atoms with Gasteiger partial charge in [-0.15, -0.1) is 0 Å². The summed E-state index contributed by atoms with van der Waals surface area (Å²) >= 11 is 0. The van der Waals surface area contributed by atoms with Gasteiger partial charge in [0.05, 0.1) is 5.69 Å². The second-order valence-corrected chi connectivity index (χ2v) is 7.65. The molecule has 1 saturated heterocycles. The van der Waals surface area contributed by atoms with Crippen LogP contribution in [0, 0.1) is 18.8 Å². The zero-order valence-corrected chi connectivity index (χ0v) is 15.5. The topological polar surface area (TPSA) is 49.9 Å². The molecule has 2 aliphatic rings. The van der Waals surface area contributed by atoms with E-state index < -0.39 is 0 Å². The Balaban J connectivity index is 1.58. The van der Waals surface area contributed by atoms with Crippen LogP contribution in [-0.4, -0.2) is 43.0 Å². The number of amides is 2. The molecule has 0 aromatic heterocycles. The molecule has 1 aromatic rings. The lowest BCUT2D eigenvalue weighted by molar-refractivity contribution is -0.134. The SMILES string of the molecule is Cc1ccc2c(c1)N(CCCC(=O)N1C[C@@H](C)C[C@H](C)C1)C(=O)CO2. The predicted octanol–water partition coefficient (Wildman–Crippen LogP) is 3.01. The highest BCUT2D eigenvalue weighted by atomic mass is 16.5. The van der Waals surface area contributed by atoms with Crippen molar-refractivity contribution in [2.24, 2.45) is 11.8 Å². The maximum atomic E-state index is 12.5. The fourth-order valence-corrected chi connectivity index (χ4v) is 3.97. The molecule has 0 N–H and O–H groups in total. The van der Waals surface area contributed by atoms with Crippen LogP contribution in [-0.2, 0) is 9.59 Å². The number of hydrogen-bond acceptors (Lipinski definition) is 3. The van der Waals surface area contributed by atoms with E-state index in [0.29, 0.717) is 31.2 Å². The molecule has 2 atom stereocenters. The third kappa shape index (κ3) is 4.14. The summed E-state index contributed by atoms with van der Waals surface area (Å²) in [4.78, 5) is 28.5. The molecule has 25 heavy (non-hydrogen) atoms. The van der Waals surface area contributed by atoms with Gasteiger partial charge in [0, 0.05) is 26.1 Å². The van der Waals surface area contributed by atoms with E-state index in [1.165, 1.54) is 6.42 Å². The van der Waals surface area contributed by atoms with E-state index in [4.69, 9.17) is 4.74 Å². The van der Waals surface area contributed by atoms with E-state index in [1.54, 1.807) is 4.90 Å². The number of benzene rings is 1. The van der Waals surface area contributed by atoms with Crippen molar-refractivity contribution in [2.75, 3.05) is 31.1 Å². The van der Waals surface area contributed by atoms with Crippen molar-refractivity contribution >= 4 is 17.5 Å². The van der Waals surface area contributed by atoms with Crippen molar-refractivity contribution < 1.29 is 14.3 Å². The van der Waals surface area contributed by atoms with Gasteiger partial charge in [-0.2, -0.15) is 0 Å². The normalized spacial score (nSPS) is 23.2. The molecule has 2 amide bonds. The number of likely N-dealkylation sites (tertiary alicyclic amines) is 1. The molecular weight excluding hydrogens is 316 g/mol. The molecule has 0 radical (unpaired) electrons. The average Bonchev–Trinajstić information content (AvgIpc) is 2.56. The summed E-state index contributed by atoms with van der Waals surface area (Å²) < 4.78 is 5.50. The summed E-state index contributed by atoms with van der Waals surface area (Å²) in [6, 6.07) is 5.86. The Bertz CT molecular complexity index is 648. The van der Waals surface area contributed by atoms with E-state index in [0.717, 1.165) is 30.1 Å². The van der Waals surface area contributed by atoms with Gasteiger partial charge in [-0.25, -0.2) is 0 Å². The molecule has 1 fully saturated rings. The standard InChI is InChI=1S/C20H28N2O3/c1-14-6-7-18-17(10-14)22(20(24)13-25-18)8-4-5-19(23)21-11-15(2)9-16(3)12-21/h6-7,10,15-16H,4-5,8-9,11-13H2,1-3H3/t15-,16-/m0/s1. The van der Waals surface area contributed by atoms with Crippen LogP contribution in [0.15, 0.2) is 18.2 Å². The summed E-state index contributed by atoms with van der Waals surface area (Å²) in [6.45, 7) is 8.78. The lowest BCUT2D eigenvalue weighted by atomic mass is 9.91. The Labute approximate surface area is 149 Å². The number of hydrogen-bond donors (Lipinski definition) is 0. The fourth-order valence-electron chi connectivity index (χ4n) is 3.97. The van der Waals surface area contributed by atoms with Crippen molar-refractivity contribution in [1.82, 2.24) is 4.90 Å². The van der Waals surface area contributed by atoms with Crippen LogP contribution < -0.4 is 9.64 Å². The largest absolute Gasteiger partial charge is 0.482 e. The van der Waals surface area contributed by atoms with Gasteiger partial charge in [0.1, 0.15) is 5.75 Å². The van der Waals surface area contributed by atoms with Gasteiger partial charge in [0.25, 0.3) is 5.91 Å². The van der Waals surface area contributed by atoms with Crippen LogP contribution in [0.2, 0.25) is 0 Å². The lowest BCUT2D eigenvalue weighted by Crippen LogP contribution is -2.43. The number of rotatable bonds is 4. The molecule has 0 aliphatic carbocycles. The third-order valence-electron chi connectivity index (χ3n) is 5.05. The average molecular weight is 344 g/mol. The van der Waals surface area contributed by atoms with Gasteiger partial charge in [-0.05, 0) is 49.3 Å². The maximum absolute atomic E-state index is 12.5. The summed E-state index contributed by atoms with van der Waals surface area (Å²) in [5.74, 6) is 2.07. The molecule has 0 spiro atoms. The Morgan fingerprint density at radius 2 is 1.96 bits per heavy atom. The minimum absolute atomic E-state index is 0.0363. The third-order valence-corrected chi connectivity index (χ3v) is 5.05. The first-order chi connectivity index (χ1) is 11.9. The highest BCUT2D eigenvalue weighted by Crippen LogP contribution is 2.33. The number of piperidine rings is 1. The number of carbonyl (C=O) groups is 2. The van der Waals surface area contributed by atoms with Gasteiger partial charge in [-0.1, -0.05) is 19.9 Å². The van der Waals surface area contributed by atoms with Gasteiger partial charge in [0.2, 0.25) is 5.91 Å². The van der Waals surface area contributed by atoms with Crippen molar-refractivity contribution in [1.29, 1.82) is 0 Å². The van der Waals surface area contributed by atoms with Crippen LogP contribution in [0.1, 0.15) is 38.7 Å². The summed E-state index contributed by atoms with van der Waals surface area (Å²) in [6.07, 6.45) is 2.37. The molecule has 2 aliphatic heterocycles. The quantitative estimate of drug-likeness (QED) is 0.844. The summed E-state index contributed by atoms with van der Waals surface area (Å²) in [5, 5.41) is 0. The van der Waals surface area contributed by atoms with Crippen LogP contribution >= 0.6 is 0 Å². The van der Waals surface area contributed by atoms with E-state index in [1.807, 2.05) is 30.0 Å². The first-order valence-corrected chi connectivity index (χ1v) is 9.25. The zero-order valence-electron chi connectivity index (χ0n) is 15.5. The molecule has 0 saturated carbocycles. The molecule has 3 rings (SSSR count). The molecular formula is C20H28N2O3. The molecule has 0 unspecified atom stereocenters. The molecule has 5 heteroatoms.